The van der Waals surface area contributed by atoms with Crippen molar-refractivity contribution in [2.75, 3.05) is 0 Å². The van der Waals surface area contributed by atoms with Crippen LogP contribution >= 0.6 is 15.9 Å². The summed E-state index contributed by atoms with van der Waals surface area (Å²) in [6, 6.07) is 23.3. The Morgan fingerprint density at radius 2 is 1.73 bits per heavy atom. The lowest BCUT2D eigenvalue weighted by Crippen LogP contribution is -2.18. The average Bonchev–Trinajstić information content (AvgIpc) is 2.73. The maximum absolute atomic E-state index is 12.3. The second kappa shape index (κ2) is 9.72. The van der Waals surface area contributed by atoms with Gasteiger partial charge in [0.05, 0.1) is 10.7 Å². The molecule has 0 spiro atoms. The molecule has 0 aliphatic carbocycles. The Kier molecular flexibility index (Phi) is 7.06. The van der Waals surface area contributed by atoms with Gasteiger partial charge in [-0.2, -0.15) is 5.10 Å². The van der Waals surface area contributed by atoms with E-state index in [0.717, 1.165) is 21.3 Å². The molecule has 0 saturated heterocycles. The van der Waals surface area contributed by atoms with Crippen molar-refractivity contribution in [2.24, 2.45) is 5.10 Å². The standard InChI is InChI=1S/C25H25BrN2O2/c1-25(2,3)21-12-10-20(11-13-21)24(29)28-27-16-19-9-14-23(22(26)15-19)30-17-18-7-5-4-6-8-18/h4-16H,17H2,1-3H3,(H,28,29)/b27-16-. The molecule has 0 radical (unpaired) electrons. The summed E-state index contributed by atoms with van der Waals surface area (Å²) in [5, 5.41) is 4.07. The van der Waals surface area contributed by atoms with Crippen LogP contribution in [0.1, 0.15) is 47.8 Å². The molecule has 154 valence electrons. The van der Waals surface area contributed by atoms with Crippen molar-refractivity contribution in [2.45, 2.75) is 32.8 Å². The van der Waals surface area contributed by atoms with Crippen molar-refractivity contribution in [1.82, 2.24) is 5.43 Å². The minimum absolute atomic E-state index is 0.0531. The van der Waals surface area contributed by atoms with Crippen molar-refractivity contribution < 1.29 is 9.53 Å². The molecule has 0 fully saturated rings. The number of halogens is 1. The molecular formula is C25H25BrN2O2. The van der Waals surface area contributed by atoms with E-state index in [1.54, 1.807) is 6.21 Å². The highest BCUT2D eigenvalue weighted by Crippen LogP contribution is 2.26. The lowest BCUT2D eigenvalue weighted by molar-refractivity contribution is 0.0955. The highest BCUT2D eigenvalue weighted by Gasteiger charge is 2.14. The van der Waals surface area contributed by atoms with E-state index < -0.39 is 0 Å². The minimum Gasteiger partial charge on any atom is -0.488 e. The number of nitrogens with one attached hydrogen (secondary N) is 1. The van der Waals surface area contributed by atoms with Gasteiger partial charge in [-0.3, -0.25) is 4.79 Å². The molecule has 0 aliphatic heterocycles. The van der Waals surface area contributed by atoms with Crippen LogP contribution in [-0.2, 0) is 12.0 Å². The third-order valence-corrected chi connectivity index (χ3v) is 5.21. The van der Waals surface area contributed by atoms with E-state index in [-0.39, 0.29) is 11.3 Å². The second-order valence-corrected chi connectivity index (χ2v) is 8.84. The molecule has 1 amide bonds. The summed E-state index contributed by atoms with van der Waals surface area (Å²) >= 11 is 3.53. The largest absolute Gasteiger partial charge is 0.488 e. The van der Waals surface area contributed by atoms with E-state index in [1.807, 2.05) is 72.8 Å². The van der Waals surface area contributed by atoms with Gasteiger partial charge in [0.2, 0.25) is 0 Å². The summed E-state index contributed by atoms with van der Waals surface area (Å²) in [7, 11) is 0. The van der Waals surface area contributed by atoms with E-state index in [0.29, 0.717) is 12.2 Å². The zero-order valence-corrected chi connectivity index (χ0v) is 18.9. The quantitative estimate of drug-likeness (QED) is 0.354. The van der Waals surface area contributed by atoms with Gasteiger partial charge in [0.25, 0.3) is 5.91 Å². The van der Waals surface area contributed by atoms with Crippen molar-refractivity contribution in [3.8, 4) is 5.75 Å². The van der Waals surface area contributed by atoms with Crippen LogP contribution in [0.25, 0.3) is 0 Å². The number of hydrogen-bond acceptors (Lipinski definition) is 3. The Labute approximate surface area is 186 Å². The van der Waals surface area contributed by atoms with Gasteiger partial charge in [0.15, 0.2) is 0 Å². The molecule has 3 aromatic rings. The molecule has 0 bridgehead atoms. The number of rotatable bonds is 6. The highest BCUT2D eigenvalue weighted by atomic mass is 79.9. The number of hydrazone groups is 1. The molecule has 0 aromatic heterocycles. The van der Waals surface area contributed by atoms with Crippen LogP contribution in [0.15, 0.2) is 82.4 Å². The summed E-state index contributed by atoms with van der Waals surface area (Å²) in [4.78, 5) is 12.3. The fourth-order valence-electron chi connectivity index (χ4n) is 2.80. The second-order valence-electron chi connectivity index (χ2n) is 7.99. The maximum Gasteiger partial charge on any atom is 0.271 e. The van der Waals surface area contributed by atoms with Crippen molar-refractivity contribution >= 4 is 28.1 Å². The van der Waals surface area contributed by atoms with Crippen LogP contribution in [-0.4, -0.2) is 12.1 Å². The normalized spacial score (nSPS) is 11.5. The molecule has 0 unspecified atom stereocenters. The van der Waals surface area contributed by atoms with Crippen LogP contribution in [0.3, 0.4) is 0 Å². The fraction of sp³-hybridized carbons (Fsp3) is 0.200. The third kappa shape index (κ3) is 6.04. The van der Waals surface area contributed by atoms with Crippen molar-refractivity contribution in [3.05, 3.63) is 99.5 Å². The lowest BCUT2D eigenvalue weighted by atomic mass is 9.87. The molecular weight excluding hydrogens is 440 g/mol. The molecule has 3 rings (SSSR count). The predicted molar refractivity (Wildman–Crippen MR) is 125 cm³/mol. The van der Waals surface area contributed by atoms with Gasteiger partial charge in [-0.25, -0.2) is 5.43 Å². The predicted octanol–water partition coefficient (Wildman–Crippen LogP) is 6.09. The number of amides is 1. The monoisotopic (exact) mass is 464 g/mol. The van der Waals surface area contributed by atoms with Crippen LogP contribution in [0.2, 0.25) is 0 Å². The van der Waals surface area contributed by atoms with E-state index in [1.165, 1.54) is 5.56 Å². The Balaban J connectivity index is 1.56. The van der Waals surface area contributed by atoms with Gasteiger partial charge < -0.3 is 4.74 Å². The molecule has 30 heavy (non-hydrogen) atoms. The van der Waals surface area contributed by atoms with Crippen molar-refractivity contribution in [1.29, 1.82) is 0 Å². The molecule has 3 aromatic carbocycles. The number of benzene rings is 3. The Bertz CT molecular complexity index is 1020. The van der Waals surface area contributed by atoms with Crippen LogP contribution in [0.5, 0.6) is 5.75 Å². The van der Waals surface area contributed by atoms with Gasteiger partial charge in [0.1, 0.15) is 12.4 Å². The number of ether oxygens (including phenoxy) is 1. The Hall–Kier alpha value is -2.92. The molecule has 0 atom stereocenters. The van der Waals surface area contributed by atoms with Gasteiger partial charge in [-0.15, -0.1) is 0 Å². The first-order valence-electron chi connectivity index (χ1n) is 9.73. The molecule has 0 heterocycles. The zero-order chi connectivity index (χ0) is 21.6. The summed E-state index contributed by atoms with van der Waals surface area (Å²) in [5.41, 5.74) is 6.33. The van der Waals surface area contributed by atoms with Crippen LogP contribution in [0.4, 0.5) is 0 Å². The van der Waals surface area contributed by atoms with Gasteiger partial charge >= 0.3 is 0 Å². The Morgan fingerprint density at radius 3 is 2.37 bits per heavy atom. The number of carbonyl (C=O) groups is 1. The highest BCUT2D eigenvalue weighted by molar-refractivity contribution is 9.10. The topological polar surface area (TPSA) is 50.7 Å². The number of hydrogen-bond donors (Lipinski definition) is 1. The van der Waals surface area contributed by atoms with E-state index in [2.05, 4.69) is 47.2 Å². The van der Waals surface area contributed by atoms with E-state index in [9.17, 15) is 4.79 Å². The molecule has 1 N–H and O–H groups in total. The lowest BCUT2D eigenvalue weighted by Gasteiger charge is -2.18. The molecule has 0 aliphatic rings. The first-order chi connectivity index (χ1) is 14.3. The van der Waals surface area contributed by atoms with Crippen LogP contribution < -0.4 is 10.2 Å². The van der Waals surface area contributed by atoms with Gasteiger partial charge in [0, 0.05) is 5.56 Å². The molecule has 5 heteroatoms. The molecule has 0 saturated carbocycles. The Morgan fingerprint density at radius 1 is 1.03 bits per heavy atom. The third-order valence-electron chi connectivity index (χ3n) is 4.59. The first kappa shape index (κ1) is 21.8. The zero-order valence-electron chi connectivity index (χ0n) is 17.4. The van der Waals surface area contributed by atoms with Gasteiger partial charge in [-0.1, -0.05) is 63.2 Å². The first-order valence-corrected chi connectivity index (χ1v) is 10.5. The number of carbonyl (C=O) groups excluding carboxylic acids is 1. The summed E-state index contributed by atoms with van der Waals surface area (Å²) in [6.07, 6.45) is 1.60. The fourth-order valence-corrected chi connectivity index (χ4v) is 3.31. The van der Waals surface area contributed by atoms with Crippen molar-refractivity contribution in [3.63, 3.8) is 0 Å². The molecule has 4 nitrogen and oxygen atoms in total. The van der Waals surface area contributed by atoms with E-state index in [4.69, 9.17) is 4.74 Å². The van der Waals surface area contributed by atoms with E-state index >= 15 is 0 Å². The van der Waals surface area contributed by atoms with Gasteiger partial charge in [-0.05, 0) is 68.4 Å². The minimum atomic E-state index is -0.242. The van der Waals surface area contributed by atoms with Crippen LogP contribution in [0, 0.1) is 0 Å². The summed E-state index contributed by atoms with van der Waals surface area (Å²) in [5.74, 6) is 0.507. The summed E-state index contributed by atoms with van der Waals surface area (Å²) < 4.78 is 6.68. The maximum atomic E-state index is 12.3. The smallest absolute Gasteiger partial charge is 0.271 e. The number of nitrogens with zero attached hydrogens (tertiary/aromatic N) is 1. The SMILES string of the molecule is CC(C)(C)c1ccc(C(=O)N/N=C\c2ccc(OCc3ccccc3)c(Br)c2)cc1. The average molecular weight is 465 g/mol. The summed E-state index contributed by atoms with van der Waals surface area (Å²) in [6.45, 7) is 6.92.